The highest BCUT2D eigenvalue weighted by atomic mass is 16.7. The fourth-order valence-electron chi connectivity index (χ4n) is 1.30. The van der Waals surface area contributed by atoms with Gasteiger partial charge in [0.25, 0.3) is 0 Å². The first kappa shape index (κ1) is 8.02. The summed E-state index contributed by atoms with van der Waals surface area (Å²) >= 11 is 0. The molecular weight excluding hydrogens is 126 g/mol. The molecule has 0 aromatic rings. The third kappa shape index (κ3) is 2.27. The van der Waals surface area contributed by atoms with E-state index in [0.29, 0.717) is 0 Å². The Morgan fingerprint density at radius 3 is 2.50 bits per heavy atom. The molecule has 0 atom stereocenters. The fourth-order valence-corrected chi connectivity index (χ4v) is 1.30. The number of hydrogen-bond donors (Lipinski definition) is 0. The normalized spacial score (nSPS) is 23.4. The maximum absolute atomic E-state index is 5.36. The molecule has 0 saturated carbocycles. The Morgan fingerprint density at radius 2 is 2.00 bits per heavy atom. The molecule has 2 heteroatoms. The van der Waals surface area contributed by atoms with Crippen molar-refractivity contribution >= 4 is 0 Å². The number of hydrogen-bond acceptors (Lipinski definition) is 2. The van der Waals surface area contributed by atoms with Gasteiger partial charge in [0.2, 0.25) is 0 Å². The van der Waals surface area contributed by atoms with Gasteiger partial charge in [-0.2, -0.15) is 5.06 Å². The first-order valence-electron chi connectivity index (χ1n) is 4.20. The van der Waals surface area contributed by atoms with Crippen molar-refractivity contribution in [2.45, 2.75) is 26.7 Å². The van der Waals surface area contributed by atoms with Crippen LogP contribution in [0.3, 0.4) is 0 Å². The van der Waals surface area contributed by atoms with Crippen molar-refractivity contribution < 1.29 is 4.84 Å². The van der Waals surface area contributed by atoms with Crippen LogP contribution in [0.4, 0.5) is 0 Å². The Hall–Kier alpha value is -0.0800. The minimum absolute atomic E-state index is 0.814. The number of nitrogens with zero attached hydrogens (tertiary/aromatic N) is 1. The van der Waals surface area contributed by atoms with Gasteiger partial charge in [-0.05, 0) is 25.7 Å². The average Bonchev–Trinajstić information content (AvgIpc) is 1.95. The van der Waals surface area contributed by atoms with Crippen molar-refractivity contribution in [3.8, 4) is 0 Å². The molecule has 1 fully saturated rings. The largest absolute Gasteiger partial charge is 0.299 e. The van der Waals surface area contributed by atoms with Crippen molar-refractivity contribution in [3.05, 3.63) is 0 Å². The average molecular weight is 143 g/mol. The van der Waals surface area contributed by atoms with Gasteiger partial charge in [-0.25, -0.2) is 0 Å². The van der Waals surface area contributed by atoms with E-state index in [1.807, 2.05) is 6.92 Å². The van der Waals surface area contributed by atoms with E-state index in [9.17, 15) is 0 Å². The maximum Gasteiger partial charge on any atom is 0.0656 e. The molecule has 1 rings (SSSR count). The predicted molar refractivity (Wildman–Crippen MR) is 41.6 cm³/mol. The lowest BCUT2D eigenvalue weighted by Gasteiger charge is -2.28. The zero-order chi connectivity index (χ0) is 7.40. The lowest BCUT2D eigenvalue weighted by Crippen LogP contribution is -2.32. The molecule has 60 valence electrons. The quantitative estimate of drug-likeness (QED) is 0.583. The van der Waals surface area contributed by atoms with Gasteiger partial charge >= 0.3 is 0 Å². The van der Waals surface area contributed by atoms with Crippen LogP contribution in [0.25, 0.3) is 0 Å². The molecule has 0 spiro atoms. The summed E-state index contributed by atoms with van der Waals surface area (Å²) in [7, 11) is 0. The fraction of sp³-hybridized carbons (Fsp3) is 1.00. The monoisotopic (exact) mass is 143 g/mol. The number of hydroxylamine groups is 2. The van der Waals surface area contributed by atoms with Gasteiger partial charge < -0.3 is 0 Å². The molecule has 0 amide bonds. The molecule has 2 nitrogen and oxygen atoms in total. The molecule has 1 saturated heterocycles. The Kier molecular flexibility index (Phi) is 3.16. The molecule has 0 aliphatic carbocycles. The van der Waals surface area contributed by atoms with Crippen LogP contribution in [0, 0.1) is 5.92 Å². The van der Waals surface area contributed by atoms with Gasteiger partial charge in [-0.3, -0.25) is 4.84 Å². The zero-order valence-electron chi connectivity index (χ0n) is 6.97. The van der Waals surface area contributed by atoms with Gasteiger partial charge in [-0.15, -0.1) is 0 Å². The van der Waals surface area contributed by atoms with Crippen LogP contribution in [-0.2, 0) is 4.84 Å². The summed E-state index contributed by atoms with van der Waals surface area (Å²) in [6.45, 7) is 7.40. The predicted octanol–water partition coefficient (Wildman–Crippen LogP) is 1.67. The molecule has 0 bridgehead atoms. The lowest BCUT2D eigenvalue weighted by atomic mass is 10.0. The van der Waals surface area contributed by atoms with Gasteiger partial charge in [-0.1, -0.05) is 6.92 Å². The molecule has 0 aromatic heterocycles. The van der Waals surface area contributed by atoms with Crippen LogP contribution in [0.5, 0.6) is 0 Å². The summed E-state index contributed by atoms with van der Waals surface area (Å²) in [5, 5.41) is 2.08. The van der Waals surface area contributed by atoms with E-state index in [2.05, 4.69) is 12.0 Å². The van der Waals surface area contributed by atoms with Crippen LogP contribution in [-0.4, -0.2) is 24.8 Å². The van der Waals surface area contributed by atoms with Crippen LogP contribution >= 0.6 is 0 Å². The maximum atomic E-state index is 5.36. The van der Waals surface area contributed by atoms with Crippen molar-refractivity contribution in [3.63, 3.8) is 0 Å². The van der Waals surface area contributed by atoms with E-state index in [4.69, 9.17) is 4.84 Å². The van der Waals surface area contributed by atoms with E-state index in [1.54, 1.807) is 0 Å². The highest BCUT2D eigenvalue weighted by Gasteiger charge is 2.14. The summed E-state index contributed by atoms with van der Waals surface area (Å²) in [5.74, 6) is 0.900. The zero-order valence-corrected chi connectivity index (χ0v) is 6.97. The Balaban J connectivity index is 2.13. The van der Waals surface area contributed by atoms with Crippen molar-refractivity contribution in [2.24, 2.45) is 5.92 Å². The summed E-state index contributed by atoms with van der Waals surface area (Å²) in [5.41, 5.74) is 0. The second-order valence-electron chi connectivity index (χ2n) is 3.03. The van der Waals surface area contributed by atoms with E-state index in [-0.39, 0.29) is 0 Å². The molecule has 1 heterocycles. The summed E-state index contributed by atoms with van der Waals surface area (Å²) in [4.78, 5) is 5.36. The van der Waals surface area contributed by atoms with Crippen LogP contribution in [0.1, 0.15) is 26.7 Å². The van der Waals surface area contributed by atoms with Gasteiger partial charge in [0.1, 0.15) is 0 Å². The van der Waals surface area contributed by atoms with Crippen LogP contribution < -0.4 is 0 Å². The summed E-state index contributed by atoms with van der Waals surface area (Å²) in [6.07, 6.45) is 2.58. The third-order valence-electron chi connectivity index (χ3n) is 2.05. The van der Waals surface area contributed by atoms with E-state index in [0.717, 1.165) is 25.6 Å². The molecule has 1 aliphatic heterocycles. The van der Waals surface area contributed by atoms with Crippen molar-refractivity contribution in [1.82, 2.24) is 5.06 Å². The Labute approximate surface area is 63.1 Å². The third-order valence-corrected chi connectivity index (χ3v) is 2.05. The first-order valence-corrected chi connectivity index (χ1v) is 4.20. The van der Waals surface area contributed by atoms with Crippen molar-refractivity contribution in [2.75, 3.05) is 19.7 Å². The summed E-state index contributed by atoms with van der Waals surface area (Å²) < 4.78 is 0. The van der Waals surface area contributed by atoms with Crippen LogP contribution in [0.15, 0.2) is 0 Å². The molecule has 10 heavy (non-hydrogen) atoms. The van der Waals surface area contributed by atoms with E-state index in [1.165, 1.54) is 12.8 Å². The minimum atomic E-state index is 0.814. The van der Waals surface area contributed by atoms with Crippen LogP contribution in [0.2, 0.25) is 0 Å². The molecule has 0 aromatic carbocycles. The summed E-state index contributed by atoms with van der Waals surface area (Å²) in [6, 6.07) is 0. The number of rotatable bonds is 2. The lowest BCUT2D eigenvalue weighted by molar-refractivity contribution is -0.168. The Bertz CT molecular complexity index is 87.3. The van der Waals surface area contributed by atoms with E-state index >= 15 is 0 Å². The van der Waals surface area contributed by atoms with Gasteiger partial charge in [0.15, 0.2) is 0 Å². The second-order valence-corrected chi connectivity index (χ2v) is 3.03. The molecule has 1 aliphatic rings. The highest BCUT2D eigenvalue weighted by molar-refractivity contribution is 4.63. The molecular formula is C8H17NO. The minimum Gasteiger partial charge on any atom is -0.299 e. The molecule has 0 N–H and O–H groups in total. The smallest absolute Gasteiger partial charge is 0.0656 e. The highest BCUT2D eigenvalue weighted by Crippen LogP contribution is 2.15. The van der Waals surface area contributed by atoms with Gasteiger partial charge in [0, 0.05) is 13.1 Å². The Morgan fingerprint density at radius 1 is 1.40 bits per heavy atom. The van der Waals surface area contributed by atoms with E-state index < -0.39 is 0 Å². The molecule has 0 unspecified atom stereocenters. The van der Waals surface area contributed by atoms with Crippen molar-refractivity contribution in [1.29, 1.82) is 0 Å². The number of piperidine rings is 1. The standard InChI is InChI=1S/C8H17NO/c1-3-10-9-6-4-8(2)5-7-9/h8H,3-7H2,1-2H3. The SMILES string of the molecule is CCON1CCC(C)CC1. The first-order chi connectivity index (χ1) is 4.83. The second kappa shape index (κ2) is 3.94. The molecule has 0 radical (unpaired) electrons. The van der Waals surface area contributed by atoms with Gasteiger partial charge in [0.05, 0.1) is 6.61 Å². The topological polar surface area (TPSA) is 12.5 Å².